The lowest BCUT2D eigenvalue weighted by Crippen LogP contribution is -1.69. The van der Waals surface area contributed by atoms with E-state index >= 15 is 0 Å². The van der Waals surface area contributed by atoms with Crippen LogP contribution in [-0.4, -0.2) is 10.2 Å². The topological polar surface area (TPSA) is 28.7 Å². The maximum absolute atomic E-state index is 4.17. The van der Waals surface area contributed by atoms with Crippen molar-refractivity contribution in [1.29, 1.82) is 0 Å². The number of nitrogens with one attached hydrogen (secondary N) is 1. The molecule has 0 radical (unpaired) electrons. The van der Waals surface area contributed by atoms with E-state index in [1.165, 1.54) is 15.0 Å². The van der Waals surface area contributed by atoms with Crippen molar-refractivity contribution in [2.24, 2.45) is 0 Å². The Kier molecular flexibility index (Phi) is 1.64. The van der Waals surface area contributed by atoms with Crippen molar-refractivity contribution in [1.82, 2.24) is 10.2 Å². The Morgan fingerprint density at radius 2 is 2.07 bits per heavy atom. The highest BCUT2D eigenvalue weighted by Crippen LogP contribution is 2.31. The Morgan fingerprint density at radius 3 is 2.86 bits per heavy atom. The lowest BCUT2D eigenvalue weighted by molar-refractivity contribution is 1.10. The number of nitrogens with zero attached hydrogens (tertiary/aromatic N) is 1. The highest BCUT2D eigenvalue weighted by Gasteiger charge is 2.04. The van der Waals surface area contributed by atoms with Crippen molar-refractivity contribution in [3.8, 4) is 10.6 Å². The fraction of sp³-hybridized carbons (Fsp3) is 0. The van der Waals surface area contributed by atoms with Gasteiger partial charge in [0, 0.05) is 10.9 Å². The number of thiophene rings is 1. The third-order valence-corrected chi connectivity index (χ3v) is 3.32. The van der Waals surface area contributed by atoms with Gasteiger partial charge in [0.2, 0.25) is 0 Å². The summed E-state index contributed by atoms with van der Waals surface area (Å²) in [5.74, 6) is 0. The van der Waals surface area contributed by atoms with Crippen LogP contribution in [0.4, 0.5) is 0 Å². The largest absolute Gasteiger partial charge is 0.285 e. The molecule has 3 heteroatoms. The number of benzene rings is 1. The van der Waals surface area contributed by atoms with Crippen LogP contribution in [0.25, 0.3) is 20.7 Å². The normalized spacial score (nSPS) is 10.9. The zero-order valence-corrected chi connectivity index (χ0v) is 8.21. The molecule has 0 unspecified atom stereocenters. The third-order valence-electron chi connectivity index (χ3n) is 2.18. The van der Waals surface area contributed by atoms with E-state index in [1.807, 2.05) is 12.3 Å². The summed E-state index contributed by atoms with van der Waals surface area (Å²) in [6.07, 6.45) is 1.85. The molecule has 3 rings (SSSR count). The number of aromatic amines is 1. The molecule has 0 aliphatic carbocycles. The van der Waals surface area contributed by atoms with Gasteiger partial charge in [-0.3, -0.25) is 5.10 Å². The highest BCUT2D eigenvalue weighted by molar-refractivity contribution is 7.22. The third kappa shape index (κ3) is 1.14. The molecule has 0 aliphatic heterocycles. The van der Waals surface area contributed by atoms with Crippen LogP contribution in [0.5, 0.6) is 0 Å². The second-order valence-electron chi connectivity index (χ2n) is 3.11. The SMILES string of the molecule is c1ccc2sc(-c3cc[nH]n3)cc2c1. The van der Waals surface area contributed by atoms with Crippen LogP contribution < -0.4 is 0 Å². The second kappa shape index (κ2) is 2.96. The van der Waals surface area contributed by atoms with Crippen LogP contribution in [0.2, 0.25) is 0 Å². The smallest absolute Gasteiger partial charge is 0.102 e. The lowest BCUT2D eigenvalue weighted by Gasteiger charge is -1.84. The van der Waals surface area contributed by atoms with Gasteiger partial charge in [-0.15, -0.1) is 11.3 Å². The molecule has 2 aromatic heterocycles. The Labute approximate surface area is 85.2 Å². The Balaban J connectivity index is 2.24. The first-order chi connectivity index (χ1) is 6.93. The van der Waals surface area contributed by atoms with E-state index < -0.39 is 0 Å². The van der Waals surface area contributed by atoms with Crippen LogP contribution in [-0.2, 0) is 0 Å². The zero-order chi connectivity index (χ0) is 9.38. The fourth-order valence-corrected chi connectivity index (χ4v) is 2.54. The summed E-state index contributed by atoms with van der Waals surface area (Å²) < 4.78 is 1.31. The molecule has 0 saturated heterocycles. The number of rotatable bonds is 1. The van der Waals surface area contributed by atoms with Crippen molar-refractivity contribution in [3.05, 3.63) is 42.6 Å². The van der Waals surface area contributed by atoms with E-state index in [-0.39, 0.29) is 0 Å². The minimum absolute atomic E-state index is 1.02. The van der Waals surface area contributed by atoms with Gasteiger partial charge in [0.1, 0.15) is 5.69 Å². The van der Waals surface area contributed by atoms with Gasteiger partial charge in [-0.2, -0.15) is 5.10 Å². The molecule has 0 amide bonds. The molecule has 3 aromatic rings. The summed E-state index contributed by atoms with van der Waals surface area (Å²) in [5, 5.41) is 8.28. The molecule has 2 nitrogen and oxygen atoms in total. The predicted octanol–water partition coefficient (Wildman–Crippen LogP) is 3.29. The molecule has 14 heavy (non-hydrogen) atoms. The van der Waals surface area contributed by atoms with Crippen LogP contribution in [0.1, 0.15) is 0 Å². The minimum atomic E-state index is 1.02. The molecule has 68 valence electrons. The Bertz CT molecular complexity index is 518. The van der Waals surface area contributed by atoms with Gasteiger partial charge in [-0.05, 0) is 23.6 Å². The average molecular weight is 200 g/mol. The fourth-order valence-electron chi connectivity index (χ4n) is 1.51. The van der Waals surface area contributed by atoms with Gasteiger partial charge in [0.25, 0.3) is 0 Å². The van der Waals surface area contributed by atoms with Crippen molar-refractivity contribution in [2.45, 2.75) is 0 Å². The van der Waals surface area contributed by atoms with Crippen LogP contribution >= 0.6 is 11.3 Å². The molecular weight excluding hydrogens is 192 g/mol. The first kappa shape index (κ1) is 7.76. The van der Waals surface area contributed by atoms with E-state index in [0.29, 0.717) is 0 Å². The number of aromatic nitrogens is 2. The van der Waals surface area contributed by atoms with E-state index in [0.717, 1.165) is 5.69 Å². The standard InChI is InChI=1S/C11H8N2S/c1-2-4-10-8(3-1)7-11(14-10)9-5-6-12-13-9/h1-7H,(H,12,13). The summed E-state index contributed by atoms with van der Waals surface area (Å²) in [5.41, 5.74) is 1.02. The summed E-state index contributed by atoms with van der Waals surface area (Å²) in [6, 6.07) is 12.6. The van der Waals surface area contributed by atoms with Gasteiger partial charge in [-0.1, -0.05) is 18.2 Å². The molecule has 0 spiro atoms. The minimum Gasteiger partial charge on any atom is -0.285 e. The van der Waals surface area contributed by atoms with E-state index in [2.05, 4.69) is 40.5 Å². The Morgan fingerprint density at radius 1 is 1.14 bits per heavy atom. The molecule has 0 saturated carbocycles. The quantitative estimate of drug-likeness (QED) is 0.641. The number of hydrogen-bond acceptors (Lipinski definition) is 2. The summed E-state index contributed by atoms with van der Waals surface area (Å²) >= 11 is 1.77. The van der Waals surface area contributed by atoms with Gasteiger partial charge in [0.15, 0.2) is 0 Å². The lowest BCUT2D eigenvalue weighted by atomic mass is 10.2. The van der Waals surface area contributed by atoms with Crippen molar-refractivity contribution >= 4 is 21.4 Å². The van der Waals surface area contributed by atoms with Crippen LogP contribution in [0.3, 0.4) is 0 Å². The maximum Gasteiger partial charge on any atom is 0.102 e. The molecule has 1 aromatic carbocycles. The second-order valence-corrected chi connectivity index (χ2v) is 4.19. The first-order valence-electron chi connectivity index (χ1n) is 4.42. The molecule has 0 fully saturated rings. The van der Waals surface area contributed by atoms with Gasteiger partial charge >= 0.3 is 0 Å². The van der Waals surface area contributed by atoms with Gasteiger partial charge in [-0.25, -0.2) is 0 Å². The maximum atomic E-state index is 4.17. The summed E-state index contributed by atoms with van der Waals surface area (Å²) in [6.45, 7) is 0. The van der Waals surface area contributed by atoms with Crippen LogP contribution in [0, 0.1) is 0 Å². The number of hydrogen-bond donors (Lipinski definition) is 1. The van der Waals surface area contributed by atoms with Gasteiger partial charge < -0.3 is 0 Å². The first-order valence-corrected chi connectivity index (χ1v) is 5.24. The monoisotopic (exact) mass is 200 g/mol. The van der Waals surface area contributed by atoms with Crippen LogP contribution in [0.15, 0.2) is 42.6 Å². The highest BCUT2D eigenvalue weighted by atomic mass is 32.1. The molecule has 2 heterocycles. The predicted molar refractivity (Wildman–Crippen MR) is 59.4 cm³/mol. The molecule has 0 bridgehead atoms. The molecule has 1 N–H and O–H groups in total. The molecule has 0 atom stereocenters. The number of fused-ring (bicyclic) bond motifs is 1. The zero-order valence-electron chi connectivity index (χ0n) is 7.40. The van der Waals surface area contributed by atoms with E-state index in [9.17, 15) is 0 Å². The van der Waals surface area contributed by atoms with E-state index in [4.69, 9.17) is 0 Å². The van der Waals surface area contributed by atoms with Gasteiger partial charge in [0.05, 0.1) is 4.88 Å². The summed E-state index contributed by atoms with van der Waals surface area (Å²) in [4.78, 5) is 1.22. The van der Waals surface area contributed by atoms with Crippen molar-refractivity contribution in [3.63, 3.8) is 0 Å². The van der Waals surface area contributed by atoms with Crippen molar-refractivity contribution < 1.29 is 0 Å². The van der Waals surface area contributed by atoms with E-state index in [1.54, 1.807) is 11.3 Å². The van der Waals surface area contributed by atoms with Crippen molar-refractivity contribution in [2.75, 3.05) is 0 Å². The Hall–Kier alpha value is -1.61. The number of H-pyrrole nitrogens is 1. The molecular formula is C11H8N2S. The summed E-state index contributed by atoms with van der Waals surface area (Å²) in [7, 11) is 0. The average Bonchev–Trinajstić information content (AvgIpc) is 2.86. The molecule has 0 aliphatic rings.